The molecule has 0 N–H and O–H groups in total. The highest BCUT2D eigenvalue weighted by molar-refractivity contribution is 7.90. The summed E-state index contributed by atoms with van der Waals surface area (Å²) < 4.78 is 25.5. The van der Waals surface area contributed by atoms with Crippen molar-refractivity contribution in [3.05, 3.63) is 48.4 Å². The predicted molar refractivity (Wildman–Crippen MR) is 118 cm³/mol. The number of aryl methyl sites for hydroxylation is 1. The maximum atomic E-state index is 11.9. The highest BCUT2D eigenvalue weighted by atomic mass is 32.2. The van der Waals surface area contributed by atoms with E-state index in [0.29, 0.717) is 41.7 Å². The van der Waals surface area contributed by atoms with E-state index >= 15 is 0 Å². The zero-order valence-corrected chi connectivity index (χ0v) is 18.4. The first kappa shape index (κ1) is 20.8. The van der Waals surface area contributed by atoms with Gasteiger partial charge in [0.2, 0.25) is 0 Å². The Morgan fingerprint density at radius 3 is 2.68 bits per heavy atom. The summed E-state index contributed by atoms with van der Waals surface area (Å²) in [7, 11) is -1.44. The third kappa shape index (κ3) is 4.22. The van der Waals surface area contributed by atoms with Crippen molar-refractivity contribution in [2.45, 2.75) is 17.9 Å². The minimum absolute atomic E-state index is 0.0897. The number of hydrogen-bond donors (Lipinski definition) is 0. The van der Waals surface area contributed by atoms with Gasteiger partial charge in [0.1, 0.15) is 11.6 Å². The van der Waals surface area contributed by atoms with Gasteiger partial charge in [0.05, 0.1) is 22.9 Å². The van der Waals surface area contributed by atoms with Gasteiger partial charge >= 0.3 is 0 Å². The van der Waals surface area contributed by atoms with Gasteiger partial charge in [0, 0.05) is 50.9 Å². The number of nitriles is 1. The number of rotatable bonds is 4. The van der Waals surface area contributed by atoms with Crippen molar-refractivity contribution in [1.29, 1.82) is 5.26 Å². The molecule has 10 heteroatoms. The van der Waals surface area contributed by atoms with Crippen molar-refractivity contribution in [1.82, 2.24) is 19.7 Å². The molecule has 9 nitrogen and oxygen atoms in total. The summed E-state index contributed by atoms with van der Waals surface area (Å²) in [6.45, 7) is 4.03. The summed E-state index contributed by atoms with van der Waals surface area (Å²) in [5, 5.41) is 13.7. The maximum absolute atomic E-state index is 11.9. The third-order valence-corrected chi connectivity index (χ3v) is 6.47. The number of piperazine rings is 1. The molecule has 0 spiro atoms. The lowest BCUT2D eigenvalue weighted by Crippen LogP contribution is -2.52. The number of benzene rings is 1. The van der Waals surface area contributed by atoms with Crippen LogP contribution in [-0.2, 0) is 16.9 Å². The van der Waals surface area contributed by atoms with E-state index in [1.807, 2.05) is 19.3 Å². The van der Waals surface area contributed by atoms with Crippen molar-refractivity contribution < 1.29 is 8.42 Å². The van der Waals surface area contributed by atoms with Crippen LogP contribution in [-0.4, -0.2) is 60.1 Å². The smallest absolute Gasteiger partial charge is 0.175 e. The lowest BCUT2D eigenvalue weighted by atomic mass is 10.1. The van der Waals surface area contributed by atoms with Crippen LogP contribution >= 0.6 is 0 Å². The molecule has 4 rings (SSSR count). The normalized spacial score (nSPS) is 16.9. The van der Waals surface area contributed by atoms with Crippen LogP contribution in [0, 0.1) is 11.3 Å². The monoisotopic (exact) mass is 437 g/mol. The fourth-order valence-electron chi connectivity index (χ4n) is 3.79. The molecule has 160 valence electrons. The number of sulfone groups is 1. The van der Waals surface area contributed by atoms with Crippen molar-refractivity contribution in [2.75, 3.05) is 35.7 Å². The van der Waals surface area contributed by atoms with Gasteiger partial charge in [0.15, 0.2) is 21.5 Å². The van der Waals surface area contributed by atoms with E-state index in [-0.39, 0.29) is 6.04 Å². The molecule has 3 aromatic rings. The van der Waals surface area contributed by atoms with Crippen LogP contribution in [0.25, 0.3) is 11.4 Å². The first-order valence-electron chi connectivity index (χ1n) is 9.84. The molecule has 0 amide bonds. The van der Waals surface area contributed by atoms with E-state index in [9.17, 15) is 13.7 Å². The first-order valence-corrected chi connectivity index (χ1v) is 11.7. The molecule has 0 saturated carbocycles. The maximum Gasteiger partial charge on any atom is 0.175 e. The Balaban J connectivity index is 1.60. The Hall–Kier alpha value is -3.45. The van der Waals surface area contributed by atoms with Gasteiger partial charge in [0.25, 0.3) is 0 Å². The van der Waals surface area contributed by atoms with E-state index < -0.39 is 9.84 Å². The summed E-state index contributed by atoms with van der Waals surface area (Å²) in [6.07, 6.45) is 6.30. The number of hydrogen-bond acceptors (Lipinski definition) is 8. The number of anilines is 2. The van der Waals surface area contributed by atoms with Crippen LogP contribution in [0.15, 0.2) is 47.8 Å². The van der Waals surface area contributed by atoms with Crippen LogP contribution in [0.4, 0.5) is 11.5 Å². The average Bonchev–Trinajstić information content (AvgIpc) is 3.19. The summed E-state index contributed by atoms with van der Waals surface area (Å²) in [6, 6.07) is 9.30. The summed E-state index contributed by atoms with van der Waals surface area (Å²) >= 11 is 0. The molecule has 1 saturated heterocycles. The van der Waals surface area contributed by atoms with Gasteiger partial charge in [-0.2, -0.15) is 10.4 Å². The van der Waals surface area contributed by atoms with E-state index in [0.717, 1.165) is 11.3 Å². The Morgan fingerprint density at radius 1 is 1.23 bits per heavy atom. The molecule has 1 aliphatic rings. The molecule has 3 heterocycles. The molecular formula is C21H23N7O2S. The highest BCUT2D eigenvalue weighted by Gasteiger charge is 2.27. The third-order valence-electron chi connectivity index (χ3n) is 5.36. The molecule has 0 unspecified atom stereocenters. The molecule has 1 aliphatic heterocycles. The van der Waals surface area contributed by atoms with E-state index in [1.165, 1.54) is 6.26 Å². The topological polar surface area (TPSA) is 108 Å². The van der Waals surface area contributed by atoms with E-state index in [4.69, 9.17) is 0 Å². The Morgan fingerprint density at radius 2 is 2.03 bits per heavy atom. The Kier molecular flexibility index (Phi) is 5.37. The van der Waals surface area contributed by atoms with Crippen LogP contribution in [0.2, 0.25) is 0 Å². The molecule has 0 aliphatic carbocycles. The molecular weight excluding hydrogens is 414 g/mol. The van der Waals surface area contributed by atoms with Crippen molar-refractivity contribution in [3.63, 3.8) is 0 Å². The zero-order chi connectivity index (χ0) is 22.2. The van der Waals surface area contributed by atoms with Gasteiger partial charge in [-0.05, 0) is 25.1 Å². The van der Waals surface area contributed by atoms with Crippen molar-refractivity contribution in [3.8, 4) is 17.5 Å². The lowest BCUT2D eigenvalue weighted by molar-refractivity contribution is 0.546. The molecule has 2 aromatic heterocycles. The molecule has 0 radical (unpaired) electrons. The summed E-state index contributed by atoms with van der Waals surface area (Å²) in [5.74, 6) is 1.13. The van der Waals surface area contributed by atoms with Crippen LogP contribution in [0.5, 0.6) is 0 Å². The number of aromatic nitrogens is 4. The van der Waals surface area contributed by atoms with Crippen LogP contribution in [0.1, 0.15) is 12.5 Å². The van der Waals surface area contributed by atoms with Gasteiger partial charge < -0.3 is 9.80 Å². The molecule has 0 bridgehead atoms. The fraction of sp³-hybridized carbons (Fsp3) is 0.333. The standard InChI is InChI=1S/C21H23N7O2S/c1-15-13-27(7-8-28(15)18-5-4-6-19(9-18)31(3,29)30)21-16(10-22)11-23-20(25-21)17-12-24-26(2)14-17/h4-6,9,11-12,14-15H,7-8,13H2,1-3H3/t15-/m1/s1. The SMILES string of the molecule is C[C@@H]1CN(c2nc(-c3cnn(C)c3)ncc2C#N)CCN1c1cccc(S(C)(=O)=O)c1. The molecule has 1 fully saturated rings. The van der Waals surface area contributed by atoms with Gasteiger partial charge in [-0.25, -0.2) is 18.4 Å². The van der Waals surface area contributed by atoms with Gasteiger partial charge in [-0.3, -0.25) is 4.68 Å². The van der Waals surface area contributed by atoms with Crippen molar-refractivity contribution >= 4 is 21.3 Å². The second kappa shape index (κ2) is 8.00. The second-order valence-corrected chi connectivity index (χ2v) is 9.72. The zero-order valence-electron chi connectivity index (χ0n) is 17.6. The average molecular weight is 438 g/mol. The van der Waals surface area contributed by atoms with Crippen molar-refractivity contribution in [2.24, 2.45) is 7.05 Å². The van der Waals surface area contributed by atoms with E-state index in [1.54, 1.807) is 35.3 Å². The van der Waals surface area contributed by atoms with Crippen LogP contribution < -0.4 is 9.80 Å². The molecule has 1 atom stereocenters. The summed E-state index contributed by atoms with van der Waals surface area (Å²) in [4.78, 5) is 13.6. The quantitative estimate of drug-likeness (QED) is 0.609. The summed E-state index contributed by atoms with van der Waals surface area (Å²) in [5.41, 5.74) is 2.08. The molecule has 1 aromatic carbocycles. The molecule has 31 heavy (non-hydrogen) atoms. The van der Waals surface area contributed by atoms with Crippen LogP contribution in [0.3, 0.4) is 0 Å². The Labute approximate surface area is 181 Å². The number of nitrogens with zero attached hydrogens (tertiary/aromatic N) is 7. The highest BCUT2D eigenvalue weighted by Crippen LogP contribution is 2.27. The predicted octanol–water partition coefficient (Wildman–Crippen LogP) is 1.87. The first-order chi connectivity index (χ1) is 14.8. The fourth-order valence-corrected chi connectivity index (χ4v) is 4.46. The lowest BCUT2D eigenvalue weighted by Gasteiger charge is -2.42. The van der Waals surface area contributed by atoms with E-state index in [2.05, 4.69) is 37.9 Å². The largest absolute Gasteiger partial charge is 0.365 e. The van der Waals surface area contributed by atoms with Gasteiger partial charge in [-0.15, -0.1) is 0 Å². The Bertz CT molecular complexity index is 1260. The minimum Gasteiger partial charge on any atom is -0.365 e. The second-order valence-electron chi connectivity index (χ2n) is 7.70. The van der Waals surface area contributed by atoms with Gasteiger partial charge in [-0.1, -0.05) is 6.07 Å². The minimum atomic E-state index is -3.27.